The lowest BCUT2D eigenvalue weighted by Crippen LogP contribution is -2.27. The van der Waals surface area contributed by atoms with Crippen molar-refractivity contribution in [3.63, 3.8) is 0 Å². The molecule has 4 nitrogen and oxygen atoms in total. The lowest BCUT2D eigenvalue weighted by molar-refractivity contribution is -0.120. The van der Waals surface area contributed by atoms with E-state index >= 15 is 0 Å². The van der Waals surface area contributed by atoms with Crippen LogP contribution in [-0.4, -0.2) is 25.6 Å². The summed E-state index contributed by atoms with van der Waals surface area (Å²) in [7, 11) is 0. The smallest absolute Gasteiger partial charge is 0.224 e. The molecule has 1 rings (SSSR count). The molecule has 0 aliphatic heterocycles. The first-order valence-corrected chi connectivity index (χ1v) is 5.94. The zero-order chi connectivity index (χ0) is 12.5. The van der Waals surface area contributed by atoms with Gasteiger partial charge in [0.1, 0.15) is 5.75 Å². The summed E-state index contributed by atoms with van der Waals surface area (Å²) in [5, 5.41) is 2.82. The van der Waals surface area contributed by atoms with E-state index < -0.39 is 0 Å². The SMILES string of the molecule is CCOc1ccc(CC(=O)NCCCN)cc1.Cl. The van der Waals surface area contributed by atoms with E-state index in [-0.39, 0.29) is 18.3 Å². The summed E-state index contributed by atoms with van der Waals surface area (Å²) in [5.41, 5.74) is 6.33. The van der Waals surface area contributed by atoms with E-state index in [0.29, 0.717) is 26.1 Å². The van der Waals surface area contributed by atoms with E-state index in [0.717, 1.165) is 17.7 Å². The molecule has 102 valence electrons. The fourth-order valence-electron chi connectivity index (χ4n) is 1.45. The number of hydrogen-bond acceptors (Lipinski definition) is 3. The fraction of sp³-hybridized carbons (Fsp3) is 0.462. The average Bonchev–Trinajstić information content (AvgIpc) is 2.32. The molecule has 1 amide bonds. The number of carbonyl (C=O) groups excluding carboxylic acids is 1. The topological polar surface area (TPSA) is 64.3 Å². The maximum atomic E-state index is 11.5. The zero-order valence-corrected chi connectivity index (χ0v) is 11.5. The molecule has 0 aliphatic carbocycles. The maximum Gasteiger partial charge on any atom is 0.224 e. The average molecular weight is 273 g/mol. The third kappa shape index (κ3) is 6.47. The normalized spacial score (nSPS) is 9.44. The first-order valence-electron chi connectivity index (χ1n) is 5.94. The van der Waals surface area contributed by atoms with Gasteiger partial charge in [-0.25, -0.2) is 0 Å². The monoisotopic (exact) mass is 272 g/mol. The molecule has 0 aliphatic rings. The molecule has 0 spiro atoms. The molecule has 1 aromatic rings. The van der Waals surface area contributed by atoms with Gasteiger partial charge in [-0.2, -0.15) is 0 Å². The molecule has 5 heteroatoms. The van der Waals surface area contributed by atoms with Gasteiger partial charge in [-0.3, -0.25) is 4.79 Å². The Labute approximate surface area is 114 Å². The minimum absolute atomic E-state index is 0. The quantitative estimate of drug-likeness (QED) is 0.740. The molecule has 0 unspecified atom stereocenters. The van der Waals surface area contributed by atoms with Gasteiger partial charge in [0.05, 0.1) is 13.0 Å². The van der Waals surface area contributed by atoms with Gasteiger partial charge in [-0.15, -0.1) is 12.4 Å². The molecular formula is C13H21ClN2O2. The zero-order valence-electron chi connectivity index (χ0n) is 10.6. The van der Waals surface area contributed by atoms with Crippen molar-refractivity contribution in [1.82, 2.24) is 5.32 Å². The van der Waals surface area contributed by atoms with Gasteiger partial charge in [0.25, 0.3) is 0 Å². The van der Waals surface area contributed by atoms with Crippen LogP contribution in [-0.2, 0) is 11.2 Å². The minimum Gasteiger partial charge on any atom is -0.494 e. The molecule has 0 saturated carbocycles. The summed E-state index contributed by atoms with van der Waals surface area (Å²) in [6, 6.07) is 7.58. The number of ether oxygens (including phenoxy) is 1. The second kappa shape index (κ2) is 9.74. The molecule has 3 N–H and O–H groups in total. The summed E-state index contributed by atoms with van der Waals surface area (Å²) >= 11 is 0. The molecule has 0 radical (unpaired) electrons. The van der Waals surface area contributed by atoms with Crippen LogP contribution in [0.25, 0.3) is 0 Å². The third-order valence-electron chi connectivity index (χ3n) is 2.30. The highest BCUT2D eigenvalue weighted by atomic mass is 35.5. The van der Waals surface area contributed by atoms with E-state index in [9.17, 15) is 4.79 Å². The number of rotatable bonds is 7. The predicted molar refractivity (Wildman–Crippen MR) is 75.2 cm³/mol. The van der Waals surface area contributed by atoms with Crippen molar-refractivity contribution >= 4 is 18.3 Å². The number of nitrogens with one attached hydrogen (secondary N) is 1. The highest BCUT2D eigenvalue weighted by molar-refractivity contribution is 5.85. The van der Waals surface area contributed by atoms with Gasteiger partial charge in [0.2, 0.25) is 5.91 Å². The Kier molecular flexibility index (Phi) is 9.06. The van der Waals surface area contributed by atoms with Crippen LogP contribution in [0, 0.1) is 0 Å². The number of benzene rings is 1. The maximum absolute atomic E-state index is 11.5. The van der Waals surface area contributed by atoms with Gasteiger partial charge >= 0.3 is 0 Å². The van der Waals surface area contributed by atoms with Gasteiger partial charge in [-0.05, 0) is 37.6 Å². The van der Waals surface area contributed by atoms with Gasteiger partial charge in [0.15, 0.2) is 0 Å². The first-order chi connectivity index (χ1) is 8.26. The van der Waals surface area contributed by atoms with Crippen LogP contribution in [0.2, 0.25) is 0 Å². The van der Waals surface area contributed by atoms with Gasteiger partial charge in [-0.1, -0.05) is 12.1 Å². The number of nitrogens with two attached hydrogens (primary N) is 1. The summed E-state index contributed by atoms with van der Waals surface area (Å²) in [5.74, 6) is 0.863. The molecule has 0 fully saturated rings. The second-order valence-electron chi connectivity index (χ2n) is 3.75. The number of carbonyl (C=O) groups is 1. The number of amides is 1. The Morgan fingerprint density at radius 2 is 2.00 bits per heavy atom. The lowest BCUT2D eigenvalue weighted by Gasteiger charge is -2.06. The molecule has 0 saturated heterocycles. The summed E-state index contributed by atoms with van der Waals surface area (Å²) in [6.07, 6.45) is 1.21. The van der Waals surface area contributed by atoms with Crippen LogP contribution >= 0.6 is 12.4 Å². The van der Waals surface area contributed by atoms with Crippen LogP contribution < -0.4 is 15.8 Å². The Hall–Kier alpha value is -1.26. The van der Waals surface area contributed by atoms with E-state index in [4.69, 9.17) is 10.5 Å². The van der Waals surface area contributed by atoms with Gasteiger partial charge in [0, 0.05) is 6.54 Å². The first kappa shape index (κ1) is 16.7. The van der Waals surface area contributed by atoms with Crippen LogP contribution in [0.15, 0.2) is 24.3 Å². The number of halogens is 1. The Morgan fingerprint density at radius 3 is 2.56 bits per heavy atom. The van der Waals surface area contributed by atoms with Crippen molar-refractivity contribution in [3.8, 4) is 5.75 Å². The lowest BCUT2D eigenvalue weighted by atomic mass is 10.1. The second-order valence-corrected chi connectivity index (χ2v) is 3.75. The minimum atomic E-state index is 0. The molecule has 0 aromatic heterocycles. The Balaban J connectivity index is 0.00000289. The van der Waals surface area contributed by atoms with Crippen molar-refractivity contribution in [2.75, 3.05) is 19.7 Å². The standard InChI is InChI=1S/C13H20N2O2.ClH/c1-2-17-12-6-4-11(5-7-12)10-13(16)15-9-3-8-14;/h4-7H,2-3,8-10,14H2,1H3,(H,15,16);1H. The van der Waals surface area contributed by atoms with E-state index in [1.807, 2.05) is 31.2 Å². The highest BCUT2D eigenvalue weighted by Gasteiger charge is 2.02. The molecule has 0 bridgehead atoms. The summed E-state index contributed by atoms with van der Waals surface area (Å²) < 4.78 is 5.33. The molecular weight excluding hydrogens is 252 g/mol. The predicted octanol–water partition coefficient (Wildman–Crippen LogP) is 1.51. The van der Waals surface area contributed by atoms with E-state index in [2.05, 4.69) is 5.32 Å². The molecule has 1 aromatic carbocycles. The van der Waals surface area contributed by atoms with Gasteiger partial charge < -0.3 is 15.8 Å². The Morgan fingerprint density at radius 1 is 1.33 bits per heavy atom. The fourth-order valence-corrected chi connectivity index (χ4v) is 1.45. The van der Waals surface area contributed by atoms with Crippen molar-refractivity contribution in [2.45, 2.75) is 19.8 Å². The number of hydrogen-bond donors (Lipinski definition) is 2. The van der Waals surface area contributed by atoms with Crippen molar-refractivity contribution in [2.24, 2.45) is 5.73 Å². The molecule has 18 heavy (non-hydrogen) atoms. The van der Waals surface area contributed by atoms with Crippen molar-refractivity contribution < 1.29 is 9.53 Å². The summed E-state index contributed by atoms with van der Waals surface area (Å²) in [6.45, 7) is 3.84. The summed E-state index contributed by atoms with van der Waals surface area (Å²) in [4.78, 5) is 11.5. The van der Waals surface area contributed by atoms with Crippen LogP contribution in [0.4, 0.5) is 0 Å². The van der Waals surface area contributed by atoms with E-state index in [1.165, 1.54) is 0 Å². The third-order valence-corrected chi connectivity index (χ3v) is 2.30. The van der Waals surface area contributed by atoms with Crippen LogP contribution in [0.5, 0.6) is 5.75 Å². The Bertz CT molecular complexity index is 341. The van der Waals surface area contributed by atoms with Crippen LogP contribution in [0.3, 0.4) is 0 Å². The molecule has 0 atom stereocenters. The van der Waals surface area contributed by atoms with Crippen LogP contribution in [0.1, 0.15) is 18.9 Å². The van der Waals surface area contributed by atoms with Crippen molar-refractivity contribution in [1.29, 1.82) is 0 Å². The van der Waals surface area contributed by atoms with Crippen molar-refractivity contribution in [3.05, 3.63) is 29.8 Å². The molecule has 0 heterocycles. The van der Waals surface area contributed by atoms with E-state index in [1.54, 1.807) is 0 Å². The highest BCUT2D eigenvalue weighted by Crippen LogP contribution is 2.12. The largest absolute Gasteiger partial charge is 0.494 e.